The lowest BCUT2D eigenvalue weighted by Crippen LogP contribution is -2.49. The van der Waals surface area contributed by atoms with Crippen molar-refractivity contribution >= 4 is 5.97 Å². The van der Waals surface area contributed by atoms with Gasteiger partial charge in [-0.3, -0.25) is 4.79 Å². The summed E-state index contributed by atoms with van der Waals surface area (Å²) in [6, 6.07) is 8.17. The van der Waals surface area contributed by atoms with Gasteiger partial charge in [0.1, 0.15) is 0 Å². The maximum absolute atomic E-state index is 11.0. The Morgan fingerprint density at radius 3 is 2.59 bits per heavy atom. The summed E-state index contributed by atoms with van der Waals surface area (Å²) in [6.07, 6.45) is 0.646. The summed E-state index contributed by atoms with van der Waals surface area (Å²) in [5.74, 6) is -1.07. The van der Waals surface area contributed by atoms with Crippen LogP contribution < -0.4 is 0 Å². The summed E-state index contributed by atoms with van der Waals surface area (Å²) in [5, 5.41) is 9.04. The molecular formula is C14H18O3. The SMILES string of the molecule is Cc1ccccc1C1(CC(C)C(=O)O)COC1. The van der Waals surface area contributed by atoms with Gasteiger partial charge < -0.3 is 9.84 Å². The molecule has 0 aliphatic carbocycles. The maximum Gasteiger partial charge on any atom is 0.306 e. The van der Waals surface area contributed by atoms with Gasteiger partial charge in [0.2, 0.25) is 0 Å². The van der Waals surface area contributed by atoms with Gasteiger partial charge in [0.15, 0.2) is 0 Å². The minimum absolute atomic E-state index is 0.0941. The molecule has 0 amide bonds. The lowest BCUT2D eigenvalue weighted by molar-refractivity contribution is -0.144. The van der Waals surface area contributed by atoms with Gasteiger partial charge in [0.25, 0.3) is 0 Å². The third-order valence-corrected chi connectivity index (χ3v) is 3.59. The van der Waals surface area contributed by atoms with E-state index in [1.165, 1.54) is 11.1 Å². The molecule has 1 N–H and O–H groups in total. The molecule has 0 radical (unpaired) electrons. The van der Waals surface area contributed by atoms with Crippen LogP contribution in [0.25, 0.3) is 0 Å². The van der Waals surface area contributed by atoms with Crippen LogP contribution in [0, 0.1) is 12.8 Å². The molecule has 0 aromatic heterocycles. The summed E-state index contributed by atoms with van der Waals surface area (Å²) < 4.78 is 5.34. The Labute approximate surface area is 101 Å². The number of aliphatic carboxylic acids is 1. The van der Waals surface area contributed by atoms with E-state index in [9.17, 15) is 4.79 Å². The summed E-state index contributed by atoms with van der Waals surface area (Å²) in [7, 11) is 0. The summed E-state index contributed by atoms with van der Waals surface area (Å²) in [4.78, 5) is 11.0. The van der Waals surface area contributed by atoms with Crippen LogP contribution in [-0.4, -0.2) is 24.3 Å². The molecule has 1 aromatic carbocycles. The number of benzene rings is 1. The Morgan fingerprint density at radius 2 is 2.12 bits per heavy atom. The normalized spacial score (nSPS) is 19.4. The van der Waals surface area contributed by atoms with Crippen LogP contribution in [0.3, 0.4) is 0 Å². The van der Waals surface area contributed by atoms with Gasteiger partial charge in [-0.15, -0.1) is 0 Å². The second kappa shape index (κ2) is 4.49. The second-order valence-electron chi connectivity index (χ2n) is 5.03. The van der Waals surface area contributed by atoms with Crippen molar-refractivity contribution < 1.29 is 14.6 Å². The number of aryl methyl sites for hydroxylation is 1. The van der Waals surface area contributed by atoms with E-state index in [1.807, 2.05) is 12.1 Å². The van der Waals surface area contributed by atoms with Crippen molar-refractivity contribution in [3.05, 3.63) is 35.4 Å². The zero-order chi connectivity index (χ0) is 12.5. The van der Waals surface area contributed by atoms with Gasteiger partial charge >= 0.3 is 5.97 Å². The fourth-order valence-electron chi connectivity index (χ4n) is 2.57. The molecule has 17 heavy (non-hydrogen) atoms. The van der Waals surface area contributed by atoms with E-state index < -0.39 is 5.97 Å². The fraction of sp³-hybridized carbons (Fsp3) is 0.500. The maximum atomic E-state index is 11.0. The Hall–Kier alpha value is -1.35. The van der Waals surface area contributed by atoms with Crippen molar-refractivity contribution in [1.29, 1.82) is 0 Å². The van der Waals surface area contributed by atoms with Crippen LogP contribution in [0.1, 0.15) is 24.5 Å². The van der Waals surface area contributed by atoms with Crippen LogP contribution in [0.5, 0.6) is 0 Å². The number of rotatable bonds is 4. The second-order valence-corrected chi connectivity index (χ2v) is 5.03. The molecule has 0 saturated carbocycles. The van der Waals surface area contributed by atoms with Crippen LogP contribution in [0.15, 0.2) is 24.3 Å². The molecule has 1 saturated heterocycles. The lowest BCUT2D eigenvalue weighted by atomic mass is 9.71. The van der Waals surface area contributed by atoms with E-state index >= 15 is 0 Å². The van der Waals surface area contributed by atoms with E-state index in [-0.39, 0.29) is 11.3 Å². The first kappa shape index (κ1) is 12.1. The zero-order valence-corrected chi connectivity index (χ0v) is 10.3. The molecule has 1 fully saturated rings. The van der Waals surface area contributed by atoms with Crippen molar-refractivity contribution in [2.75, 3.05) is 13.2 Å². The predicted octanol–water partition coefficient (Wildman–Crippen LogP) is 2.37. The molecule has 1 aliphatic heterocycles. The van der Waals surface area contributed by atoms with E-state index in [4.69, 9.17) is 9.84 Å². The highest BCUT2D eigenvalue weighted by molar-refractivity contribution is 5.69. The third-order valence-electron chi connectivity index (χ3n) is 3.59. The average molecular weight is 234 g/mol. The summed E-state index contributed by atoms with van der Waals surface area (Å²) in [6.45, 7) is 5.10. The number of carboxylic acids is 1. The largest absolute Gasteiger partial charge is 0.481 e. The molecule has 1 atom stereocenters. The molecular weight excluding hydrogens is 216 g/mol. The van der Waals surface area contributed by atoms with Gasteiger partial charge in [0.05, 0.1) is 19.1 Å². The molecule has 3 heteroatoms. The molecule has 0 bridgehead atoms. The molecule has 92 valence electrons. The van der Waals surface area contributed by atoms with Gasteiger partial charge in [-0.25, -0.2) is 0 Å². The Balaban J connectivity index is 2.26. The minimum atomic E-state index is -0.732. The van der Waals surface area contributed by atoms with Crippen molar-refractivity contribution in [3.8, 4) is 0 Å². The lowest BCUT2D eigenvalue weighted by Gasteiger charge is -2.44. The summed E-state index contributed by atoms with van der Waals surface area (Å²) >= 11 is 0. The van der Waals surface area contributed by atoms with Gasteiger partial charge in [-0.2, -0.15) is 0 Å². The first-order valence-corrected chi connectivity index (χ1v) is 5.92. The van der Waals surface area contributed by atoms with E-state index in [1.54, 1.807) is 6.92 Å². The smallest absolute Gasteiger partial charge is 0.306 e. The first-order chi connectivity index (χ1) is 8.05. The van der Waals surface area contributed by atoms with E-state index in [0.717, 1.165) is 0 Å². The highest BCUT2D eigenvalue weighted by Crippen LogP contribution is 2.39. The highest BCUT2D eigenvalue weighted by atomic mass is 16.5. The van der Waals surface area contributed by atoms with Crippen molar-refractivity contribution in [1.82, 2.24) is 0 Å². The van der Waals surface area contributed by atoms with Crippen LogP contribution in [0.4, 0.5) is 0 Å². The molecule has 1 heterocycles. The van der Waals surface area contributed by atoms with Crippen LogP contribution in [-0.2, 0) is 14.9 Å². The van der Waals surface area contributed by atoms with Crippen molar-refractivity contribution in [3.63, 3.8) is 0 Å². The van der Waals surface area contributed by atoms with E-state index in [0.29, 0.717) is 19.6 Å². The van der Waals surface area contributed by atoms with Crippen LogP contribution >= 0.6 is 0 Å². The Morgan fingerprint density at radius 1 is 1.47 bits per heavy atom. The Kier molecular flexibility index (Phi) is 3.20. The number of hydrogen-bond acceptors (Lipinski definition) is 2. The molecule has 1 aliphatic rings. The molecule has 1 aromatic rings. The monoisotopic (exact) mass is 234 g/mol. The predicted molar refractivity (Wildman–Crippen MR) is 65.1 cm³/mol. The quantitative estimate of drug-likeness (QED) is 0.870. The highest BCUT2D eigenvalue weighted by Gasteiger charge is 2.43. The molecule has 0 spiro atoms. The van der Waals surface area contributed by atoms with Gasteiger partial charge in [0, 0.05) is 5.41 Å². The van der Waals surface area contributed by atoms with Crippen LogP contribution in [0.2, 0.25) is 0 Å². The number of ether oxygens (including phenoxy) is 1. The number of hydrogen-bond donors (Lipinski definition) is 1. The first-order valence-electron chi connectivity index (χ1n) is 5.92. The molecule has 3 nitrogen and oxygen atoms in total. The minimum Gasteiger partial charge on any atom is -0.481 e. The molecule has 1 unspecified atom stereocenters. The topological polar surface area (TPSA) is 46.5 Å². The number of carboxylic acid groups (broad SMARTS) is 1. The third kappa shape index (κ3) is 2.20. The Bertz CT molecular complexity index is 421. The van der Waals surface area contributed by atoms with Crippen molar-refractivity contribution in [2.45, 2.75) is 25.7 Å². The summed E-state index contributed by atoms with van der Waals surface area (Å²) in [5.41, 5.74) is 2.36. The standard InChI is InChI=1S/C14H18O3/c1-10-5-3-4-6-12(10)14(8-17-9-14)7-11(2)13(15)16/h3-6,11H,7-9H2,1-2H3,(H,15,16). The zero-order valence-electron chi connectivity index (χ0n) is 10.3. The van der Waals surface area contributed by atoms with E-state index in [2.05, 4.69) is 19.1 Å². The fourth-order valence-corrected chi connectivity index (χ4v) is 2.57. The van der Waals surface area contributed by atoms with Crippen molar-refractivity contribution in [2.24, 2.45) is 5.92 Å². The van der Waals surface area contributed by atoms with Gasteiger partial charge in [-0.1, -0.05) is 31.2 Å². The number of carbonyl (C=O) groups is 1. The average Bonchev–Trinajstić information content (AvgIpc) is 2.24. The molecule has 2 rings (SSSR count). The van der Waals surface area contributed by atoms with Gasteiger partial charge in [-0.05, 0) is 24.5 Å².